The summed E-state index contributed by atoms with van der Waals surface area (Å²) in [4.78, 5) is 0. The van der Waals surface area contributed by atoms with Crippen molar-refractivity contribution >= 4 is 9.84 Å². The Morgan fingerprint density at radius 3 is 2.00 bits per heavy atom. The van der Waals surface area contributed by atoms with Crippen LogP contribution in [-0.2, 0) is 9.84 Å². The van der Waals surface area contributed by atoms with Gasteiger partial charge in [0.25, 0.3) is 0 Å². The highest BCUT2D eigenvalue weighted by Gasteiger charge is 2.28. The first kappa shape index (κ1) is 15.1. The highest BCUT2D eigenvalue weighted by atomic mass is 32.2. The van der Waals surface area contributed by atoms with Gasteiger partial charge in [-0.2, -0.15) is 0 Å². The molecule has 0 bridgehead atoms. The van der Waals surface area contributed by atoms with E-state index < -0.39 is 15.1 Å². The van der Waals surface area contributed by atoms with Crippen molar-refractivity contribution in [3.63, 3.8) is 0 Å². The molecule has 1 N–H and O–H groups in total. The topological polar surface area (TPSA) is 46.2 Å². The first-order valence-electron chi connectivity index (χ1n) is 5.81. The molecule has 0 saturated heterocycles. The van der Waals surface area contributed by atoms with Crippen molar-refractivity contribution in [1.29, 1.82) is 0 Å². The average Bonchev–Trinajstić information content (AvgIpc) is 2.20. The van der Waals surface area contributed by atoms with E-state index in [1.807, 2.05) is 0 Å². The van der Waals surface area contributed by atoms with Crippen LogP contribution in [0.2, 0.25) is 0 Å². The summed E-state index contributed by atoms with van der Waals surface area (Å²) in [6, 6.07) is 2.53. The Morgan fingerprint density at radius 2 is 1.67 bits per heavy atom. The molecule has 0 aliphatic heterocycles. The molecule has 102 valence electrons. The summed E-state index contributed by atoms with van der Waals surface area (Å²) < 4.78 is 36.6. The Morgan fingerprint density at radius 1 is 1.22 bits per heavy atom. The van der Waals surface area contributed by atoms with Gasteiger partial charge in [-0.1, -0.05) is 0 Å². The van der Waals surface area contributed by atoms with Gasteiger partial charge in [-0.05, 0) is 56.6 Å². The van der Waals surface area contributed by atoms with Gasteiger partial charge < -0.3 is 5.32 Å². The van der Waals surface area contributed by atoms with Crippen LogP contribution < -0.4 is 5.32 Å². The van der Waals surface area contributed by atoms with Crippen LogP contribution in [0.4, 0.5) is 4.39 Å². The number of rotatable bonds is 4. The minimum absolute atomic E-state index is 0.296. The molecule has 18 heavy (non-hydrogen) atoms. The summed E-state index contributed by atoms with van der Waals surface area (Å²) in [6.07, 6.45) is 1.22. The van der Waals surface area contributed by atoms with Crippen LogP contribution >= 0.6 is 0 Å². The molecule has 1 rings (SSSR count). The number of benzene rings is 1. The van der Waals surface area contributed by atoms with Crippen molar-refractivity contribution in [2.24, 2.45) is 0 Å². The molecule has 1 aromatic rings. The minimum Gasteiger partial charge on any atom is -0.312 e. The molecule has 0 aliphatic carbocycles. The van der Waals surface area contributed by atoms with E-state index in [9.17, 15) is 12.8 Å². The molecule has 1 aromatic carbocycles. The SMILES string of the molecule is CNC(c1c(C)cc(F)cc1C)C(C)S(C)(=O)=O. The number of hydrogen-bond donors (Lipinski definition) is 1. The van der Waals surface area contributed by atoms with Crippen molar-refractivity contribution in [3.05, 3.63) is 34.6 Å². The van der Waals surface area contributed by atoms with Gasteiger partial charge in [0.2, 0.25) is 0 Å². The lowest BCUT2D eigenvalue weighted by Crippen LogP contribution is -2.34. The smallest absolute Gasteiger partial charge is 0.151 e. The van der Waals surface area contributed by atoms with E-state index in [1.165, 1.54) is 18.4 Å². The molecule has 0 amide bonds. The third-order valence-electron chi connectivity index (χ3n) is 3.33. The lowest BCUT2D eigenvalue weighted by molar-refractivity contribution is 0.530. The highest BCUT2D eigenvalue weighted by molar-refractivity contribution is 7.91. The highest BCUT2D eigenvalue weighted by Crippen LogP contribution is 2.28. The maximum Gasteiger partial charge on any atom is 0.151 e. The lowest BCUT2D eigenvalue weighted by Gasteiger charge is -2.26. The van der Waals surface area contributed by atoms with E-state index in [-0.39, 0.29) is 11.9 Å². The molecule has 0 spiro atoms. The molecular weight excluding hydrogens is 253 g/mol. The first-order valence-corrected chi connectivity index (χ1v) is 7.76. The monoisotopic (exact) mass is 273 g/mol. The van der Waals surface area contributed by atoms with Gasteiger partial charge >= 0.3 is 0 Å². The zero-order valence-electron chi connectivity index (χ0n) is 11.4. The number of sulfone groups is 1. The summed E-state index contributed by atoms with van der Waals surface area (Å²) >= 11 is 0. The van der Waals surface area contributed by atoms with Crippen LogP contribution in [0.25, 0.3) is 0 Å². The predicted molar refractivity (Wildman–Crippen MR) is 72.0 cm³/mol. The largest absolute Gasteiger partial charge is 0.312 e. The number of nitrogens with one attached hydrogen (secondary N) is 1. The first-order chi connectivity index (χ1) is 8.18. The fourth-order valence-electron chi connectivity index (χ4n) is 2.27. The van der Waals surface area contributed by atoms with E-state index in [0.29, 0.717) is 0 Å². The van der Waals surface area contributed by atoms with Gasteiger partial charge in [0.1, 0.15) is 5.82 Å². The van der Waals surface area contributed by atoms with E-state index >= 15 is 0 Å². The molecule has 5 heteroatoms. The summed E-state index contributed by atoms with van der Waals surface area (Å²) in [5, 5.41) is 2.46. The maximum absolute atomic E-state index is 13.3. The van der Waals surface area contributed by atoms with Gasteiger partial charge in [0.05, 0.1) is 5.25 Å². The maximum atomic E-state index is 13.3. The molecule has 2 atom stereocenters. The fourth-order valence-corrected chi connectivity index (χ4v) is 3.04. The van der Waals surface area contributed by atoms with E-state index in [4.69, 9.17) is 0 Å². The summed E-state index contributed by atoms with van der Waals surface area (Å²) in [6.45, 7) is 5.26. The Labute approximate surface area is 108 Å². The van der Waals surface area contributed by atoms with Crippen molar-refractivity contribution in [3.8, 4) is 0 Å². The second kappa shape index (κ2) is 5.36. The summed E-state index contributed by atoms with van der Waals surface area (Å²) in [7, 11) is -1.45. The van der Waals surface area contributed by atoms with Crippen LogP contribution in [0.15, 0.2) is 12.1 Å². The Hall–Kier alpha value is -0.940. The van der Waals surface area contributed by atoms with Crippen LogP contribution in [0, 0.1) is 19.7 Å². The Kier molecular flexibility index (Phi) is 4.50. The van der Waals surface area contributed by atoms with Crippen LogP contribution in [0.1, 0.15) is 29.7 Å². The van der Waals surface area contributed by atoms with Crippen LogP contribution in [0.3, 0.4) is 0 Å². The van der Waals surface area contributed by atoms with E-state index in [0.717, 1.165) is 16.7 Å². The molecular formula is C13H20FNO2S. The van der Waals surface area contributed by atoms with Crippen LogP contribution in [-0.4, -0.2) is 27.0 Å². The Balaban J connectivity index is 3.35. The minimum atomic E-state index is -3.16. The van der Waals surface area contributed by atoms with Gasteiger partial charge in [0.15, 0.2) is 9.84 Å². The summed E-state index contributed by atoms with van der Waals surface area (Å²) in [5.74, 6) is -0.296. The zero-order valence-corrected chi connectivity index (χ0v) is 12.2. The molecule has 0 aromatic heterocycles. The van der Waals surface area contributed by atoms with Crippen molar-refractivity contribution in [1.82, 2.24) is 5.32 Å². The summed E-state index contributed by atoms with van der Waals surface area (Å²) in [5.41, 5.74) is 2.39. The number of hydrogen-bond acceptors (Lipinski definition) is 3. The van der Waals surface area contributed by atoms with E-state index in [2.05, 4.69) is 5.32 Å². The quantitative estimate of drug-likeness (QED) is 0.914. The van der Waals surface area contributed by atoms with E-state index in [1.54, 1.807) is 27.8 Å². The predicted octanol–water partition coefficient (Wildman–Crippen LogP) is 2.14. The van der Waals surface area contributed by atoms with Crippen molar-refractivity contribution < 1.29 is 12.8 Å². The van der Waals surface area contributed by atoms with Crippen molar-refractivity contribution in [2.45, 2.75) is 32.1 Å². The Bertz CT molecular complexity index is 517. The number of aryl methyl sites for hydroxylation is 2. The molecule has 0 radical (unpaired) electrons. The normalized spacial score (nSPS) is 15.4. The zero-order chi connectivity index (χ0) is 14.1. The molecule has 2 unspecified atom stereocenters. The fraction of sp³-hybridized carbons (Fsp3) is 0.538. The third kappa shape index (κ3) is 3.09. The van der Waals surface area contributed by atoms with Gasteiger partial charge in [-0.25, -0.2) is 12.8 Å². The third-order valence-corrected chi connectivity index (χ3v) is 4.95. The molecule has 3 nitrogen and oxygen atoms in total. The van der Waals surface area contributed by atoms with Crippen LogP contribution in [0.5, 0.6) is 0 Å². The van der Waals surface area contributed by atoms with Gasteiger partial charge in [0, 0.05) is 12.3 Å². The second-order valence-corrected chi connectivity index (χ2v) is 7.16. The molecule has 0 aliphatic rings. The van der Waals surface area contributed by atoms with Gasteiger partial charge in [-0.3, -0.25) is 0 Å². The van der Waals surface area contributed by atoms with Gasteiger partial charge in [-0.15, -0.1) is 0 Å². The molecule has 0 fully saturated rings. The second-order valence-electron chi connectivity index (χ2n) is 4.75. The molecule has 0 saturated carbocycles. The lowest BCUT2D eigenvalue weighted by atomic mass is 9.94. The average molecular weight is 273 g/mol. The molecule has 0 heterocycles. The standard InChI is InChI=1S/C13H20FNO2S/c1-8-6-11(14)7-9(2)12(8)13(15-4)10(3)18(5,16)17/h6-7,10,13,15H,1-5H3. The van der Waals surface area contributed by atoms with Crippen molar-refractivity contribution in [2.75, 3.05) is 13.3 Å². The number of halogens is 1.